The van der Waals surface area contributed by atoms with E-state index >= 15 is 0 Å². The molecule has 1 atom stereocenters. The summed E-state index contributed by atoms with van der Waals surface area (Å²) in [6.45, 7) is 9.33. The van der Waals surface area contributed by atoms with Gasteiger partial charge in [-0.05, 0) is 70.2 Å². The summed E-state index contributed by atoms with van der Waals surface area (Å²) >= 11 is 0. The Morgan fingerprint density at radius 3 is 1.95 bits per heavy atom. The van der Waals surface area contributed by atoms with Crippen molar-refractivity contribution in [1.82, 2.24) is 9.80 Å². The largest absolute Gasteiger partial charge is 0.444 e. The van der Waals surface area contributed by atoms with Crippen LogP contribution in [0.4, 0.5) is 4.79 Å². The van der Waals surface area contributed by atoms with Crippen molar-refractivity contribution in [3.05, 3.63) is 71.8 Å². The number of primary amides is 1. The zero-order chi connectivity index (χ0) is 27.6. The molecule has 208 valence electrons. The summed E-state index contributed by atoms with van der Waals surface area (Å²) in [6.07, 6.45) is 7.56. The van der Waals surface area contributed by atoms with Gasteiger partial charge in [-0.2, -0.15) is 0 Å². The maximum absolute atomic E-state index is 13.2. The Morgan fingerprint density at radius 1 is 0.895 bits per heavy atom. The molecule has 1 heterocycles. The molecule has 0 saturated carbocycles. The average molecular weight is 522 g/mol. The Labute approximate surface area is 229 Å². The van der Waals surface area contributed by atoms with E-state index in [9.17, 15) is 9.59 Å². The van der Waals surface area contributed by atoms with Gasteiger partial charge in [0.05, 0.1) is 0 Å². The van der Waals surface area contributed by atoms with Gasteiger partial charge in [0.2, 0.25) is 5.91 Å². The number of unbranched alkanes of at least 4 members (excludes halogenated alkanes) is 5. The van der Waals surface area contributed by atoms with Crippen LogP contribution in [0.5, 0.6) is 0 Å². The fourth-order valence-electron chi connectivity index (χ4n) is 5.74. The van der Waals surface area contributed by atoms with Crippen molar-refractivity contribution < 1.29 is 14.3 Å². The standard InChI is InChI=1S/C32H47N3O3/c1-31(2,3)38-30(37)34(4)22-15-7-5-6-8-16-23-35-24-21-28(25-35)32(29(33)36,26-17-11-9-12-18-26)27-19-13-10-14-20-27/h9-14,17-20,28H,5-8,15-16,21-25H2,1-4H3,(H2,33,36)/t28-/m1/s1. The van der Waals surface area contributed by atoms with E-state index in [2.05, 4.69) is 4.90 Å². The van der Waals surface area contributed by atoms with E-state index in [0.29, 0.717) is 0 Å². The summed E-state index contributed by atoms with van der Waals surface area (Å²) in [6, 6.07) is 20.2. The Bertz CT molecular complexity index is 964. The third kappa shape index (κ3) is 7.83. The van der Waals surface area contributed by atoms with Crippen LogP contribution < -0.4 is 5.73 Å². The Balaban J connectivity index is 1.44. The minimum atomic E-state index is -0.816. The van der Waals surface area contributed by atoms with Gasteiger partial charge < -0.3 is 20.3 Å². The number of hydrogen-bond acceptors (Lipinski definition) is 4. The summed E-state index contributed by atoms with van der Waals surface area (Å²) in [5.74, 6) is -0.120. The van der Waals surface area contributed by atoms with Gasteiger partial charge in [0.15, 0.2) is 0 Å². The molecule has 2 aromatic carbocycles. The SMILES string of the molecule is CN(CCCCCCCCN1CC[C@@H](C(C(N)=O)(c2ccccc2)c2ccccc2)C1)C(=O)OC(C)(C)C. The van der Waals surface area contributed by atoms with Gasteiger partial charge in [-0.3, -0.25) is 4.79 Å². The number of likely N-dealkylation sites (tertiary alicyclic amines) is 1. The molecule has 38 heavy (non-hydrogen) atoms. The van der Waals surface area contributed by atoms with Crippen LogP contribution in [0.25, 0.3) is 0 Å². The highest BCUT2D eigenvalue weighted by molar-refractivity contribution is 5.91. The van der Waals surface area contributed by atoms with E-state index in [1.165, 1.54) is 19.3 Å². The number of benzene rings is 2. The molecule has 1 saturated heterocycles. The number of ether oxygens (including phenoxy) is 1. The highest BCUT2D eigenvalue weighted by Gasteiger charge is 2.49. The second-order valence-corrected chi connectivity index (χ2v) is 11.7. The molecule has 1 fully saturated rings. The highest BCUT2D eigenvalue weighted by atomic mass is 16.6. The lowest BCUT2D eigenvalue weighted by molar-refractivity contribution is -0.123. The van der Waals surface area contributed by atoms with E-state index in [-0.39, 0.29) is 17.9 Å². The first-order valence-corrected chi connectivity index (χ1v) is 14.2. The van der Waals surface area contributed by atoms with Gasteiger partial charge in [-0.1, -0.05) is 86.3 Å². The first kappa shape index (κ1) is 29.7. The molecular weight excluding hydrogens is 474 g/mol. The maximum Gasteiger partial charge on any atom is 0.410 e. The predicted molar refractivity (Wildman–Crippen MR) is 154 cm³/mol. The molecule has 3 rings (SSSR count). The predicted octanol–water partition coefficient (Wildman–Crippen LogP) is 5.99. The van der Waals surface area contributed by atoms with E-state index in [1.54, 1.807) is 11.9 Å². The van der Waals surface area contributed by atoms with Gasteiger partial charge in [-0.25, -0.2) is 4.79 Å². The minimum absolute atomic E-state index is 0.145. The quantitative estimate of drug-likeness (QED) is 0.329. The molecule has 0 aliphatic carbocycles. The van der Waals surface area contributed by atoms with Crippen molar-refractivity contribution in [3.8, 4) is 0 Å². The summed E-state index contributed by atoms with van der Waals surface area (Å²) in [5, 5.41) is 0. The molecule has 2 amide bonds. The number of carbonyl (C=O) groups excluding carboxylic acids is 2. The first-order valence-electron chi connectivity index (χ1n) is 14.2. The molecule has 0 spiro atoms. The van der Waals surface area contributed by atoms with Crippen molar-refractivity contribution >= 4 is 12.0 Å². The average Bonchev–Trinajstić information content (AvgIpc) is 3.35. The first-order chi connectivity index (χ1) is 18.1. The Kier molecular flexibility index (Phi) is 10.8. The lowest BCUT2D eigenvalue weighted by Crippen LogP contribution is -2.49. The van der Waals surface area contributed by atoms with Crippen molar-refractivity contribution in [2.24, 2.45) is 11.7 Å². The van der Waals surface area contributed by atoms with Crippen LogP contribution in [0.15, 0.2) is 60.7 Å². The molecule has 2 aromatic rings. The summed E-state index contributed by atoms with van der Waals surface area (Å²) in [4.78, 5) is 29.4. The molecule has 0 unspecified atom stereocenters. The monoisotopic (exact) mass is 521 g/mol. The van der Waals surface area contributed by atoms with E-state index in [1.807, 2.05) is 81.4 Å². The van der Waals surface area contributed by atoms with Crippen LogP contribution in [0.1, 0.15) is 76.8 Å². The number of rotatable bonds is 13. The van der Waals surface area contributed by atoms with Crippen LogP contribution in [0.2, 0.25) is 0 Å². The van der Waals surface area contributed by atoms with Crippen molar-refractivity contribution in [3.63, 3.8) is 0 Å². The van der Waals surface area contributed by atoms with Crippen LogP contribution >= 0.6 is 0 Å². The second kappa shape index (κ2) is 13.8. The smallest absolute Gasteiger partial charge is 0.410 e. The van der Waals surface area contributed by atoms with Gasteiger partial charge in [0.1, 0.15) is 11.0 Å². The fraction of sp³-hybridized carbons (Fsp3) is 0.562. The zero-order valence-corrected chi connectivity index (χ0v) is 23.8. The van der Waals surface area contributed by atoms with E-state index in [4.69, 9.17) is 10.5 Å². The van der Waals surface area contributed by atoms with Crippen LogP contribution in [-0.2, 0) is 14.9 Å². The number of carbonyl (C=O) groups is 2. The zero-order valence-electron chi connectivity index (χ0n) is 23.8. The van der Waals surface area contributed by atoms with Gasteiger partial charge in [-0.15, -0.1) is 0 Å². The third-order valence-electron chi connectivity index (χ3n) is 7.65. The topological polar surface area (TPSA) is 75.9 Å². The summed E-state index contributed by atoms with van der Waals surface area (Å²) in [5.41, 5.74) is 6.93. The van der Waals surface area contributed by atoms with Crippen molar-refractivity contribution in [2.45, 2.75) is 76.7 Å². The number of amides is 2. The minimum Gasteiger partial charge on any atom is -0.444 e. The maximum atomic E-state index is 13.2. The van der Waals surface area contributed by atoms with Crippen LogP contribution in [0, 0.1) is 5.92 Å². The molecule has 1 aliphatic heterocycles. The van der Waals surface area contributed by atoms with Gasteiger partial charge in [0, 0.05) is 20.1 Å². The Hall–Kier alpha value is -2.86. The number of nitrogens with two attached hydrogens (primary N) is 1. The molecule has 2 N–H and O–H groups in total. The fourth-order valence-corrected chi connectivity index (χ4v) is 5.74. The van der Waals surface area contributed by atoms with Crippen LogP contribution in [-0.4, -0.2) is 60.6 Å². The summed E-state index contributed by atoms with van der Waals surface area (Å²) < 4.78 is 5.41. The van der Waals surface area contributed by atoms with Crippen molar-refractivity contribution in [1.29, 1.82) is 0 Å². The molecule has 0 radical (unpaired) electrons. The molecule has 0 bridgehead atoms. The van der Waals surface area contributed by atoms with Gasteiger partial charge in [0.25, 0.3) is 0 Å². The lowest BCUT2D eigenvalue weighted by Gasteiger charge is -2.37. The molecule has 1 aliphatic rings. The molecule has 0 aromatic heterocycles. The molecule has 6 heteroatoms. The molecular formula is C32H47N3O3. The summed E-state index contributed by atoms with van der Waals surface area (Å²) in [7, 11) is 1.81. The Morgan fingerprint density at radius 2 is 1.42 bits per heavy atom. The van der Waals surface area contributed by atoms with E-state index < -0.39 is 11.0 Å². The highest BCUT2D eigenvalue weighted by Crippen LogP contribution is 2.43. The van der Waals surface area contributed by atoms with E-state index in [0.717, 1.165) is 63.0 Å². The molecule has 6 nitrogen and oxygen atoms in total. The van der Waals surface area contributed by atoms with Crippen LogP contribution in [0.3, 0.4) is 0 Å². The number of nitrogens with zero attached hydrogens (tertiary/aromatic N) is 2. The number of hydrogen-bond donors (Lipinski definition) is 1. The van der Waals surface area contributed by atoms with Gasteiger partial charge >= 0.3 is 6.09 Å². The second-order valence-electron chi connectivity index (χ2n) is 11.7. The normalized spacial score (nSPS) is 16.4. The van der Waals surface area contributed by atoms with Crippen molar-refractivity contribution in [2.75, 3.05) is 33.2 Å². The third-order valence-corrected chi connectivity index (χ3v) is 7.65. The lowest BCUT2D eigenvalue weighted by atomic mass is 9.64.